The molecule has 0 aromatic heterocycles. The van der Waals surface area contributed by atoms with E-state index in [1.54, 1.807) is 0 Å². The average Bonchev–Trinajstić information content (AvgIpc) is 1.85. The number of halogens is 1. The van der Waals surface area contributed by atoms with E-state index in [0.29, 0.717) is 5.92 Å². The van der Waals surface area contributed by atoms with Gasteiger partial charge in [-0.1, -0.05) is 13.3 Å². The van der Waals surface area contributed by atoms with Crippen LogP contribution in [0.25, 0.3) is 0 Å². The fourth-order valence-electron chi connectivity index (χ4n) is 1.62. The topological polar surface area (TPSA) is 26.3 Å². The van der Waals surface area contributed by atoms with Gasteiger partial charge in [0.2, 0.25) is 0 Å². The predicted molar refractivity (Wildman–Crippen MR) is 43.8 cm³/mol. The zero-order valence-corrected chi connectivity index (χ0v) is 7.43. The molecule has 11 heavy (non-hydrogen) atoms. The Bertz CT molecular complexity index is 147. The van der Waals surface area contributed by atoms with Gasteiger partial charge in [0.1, 0.15) is 6.10 Å². The molecule has 1 saturated carbocycles. The molecule has 0 spiro atoms. The molecule has 2 nitrogen and oxygen atoms in total. The lowest BCUT2D eigenvalue weighted by molar-refractivity contribution is 0.0803. The summed E-state index contributed by atoms with van der Waals surface area (Å²) in [7, 11) is 0. The zero-order chi connectivity index (χ0) is 8.27. The quantitative estimate of drug-likeness (QED) is 0.575. The van der Waals surface area contributed by atoms with E-state index in [9.17, 15) is 4.79 Å². The molecule has 0 aliphatic heterocycles. The van der Waals surface area contributed by atoms with Crippen LogP contribution in [0.1, 0.15) is 32.6 Å². The van der Waals surface area contributed by atoms with Crippen LogP contribution >= 0.6 is 11.6 Å². The summed E-state index contributed by atoms with van der Waals surface area (Å²) in [6.07, 6.45) is 4.41. The fraction of sp³-hybridized carbons (Fsp3) is 0.875. The molecule has 0 heterocycles. The molecule has 0 amide bonds. The maximum atomic E-state index is 10.4. The van der Waals surface area contributed by atoms with Gasteiger partial charge in [0, 0.05) is 11.6 Å². The Balaban J connectivity index is 2.28. The minimum absolute atomic E-state index is 0.0729. The Morgan fingerprint density at radius 2 is 2.27 bits per heavy atom. The molecule has 1 fully saturated rings. The summed E-state index contributed by atoms with van der Waals surface area (Å²) in [5.41, 5.74) is -0.663. The third-order valence-corrected chi connectivity index (χ3v) is 2.24. The number of carbonyl (C=O) groups is 1. The van der Waals surface area contributed by atoms with Gasteiger partial charge in [0.15, 0.2) is 0 Å². The molecular formula is C8H13ClO2. The van der Waals surface area contributed by atoms with Gasteiger partial charge in [-0.25, -0.2) is 4.79 Å². The van der Waals surface area contributed by atoms with Gasteiger partial charge < -0.3 is 4.74 Å². The van der Waals surface area contributed by atoms with Gasteiger partial charge in [0.05, 0.1) is 0 Å². The van der Waals surface area contributed by atoms with E-state index in [2.05, 4.69) is 6.92 Å². The van der Waals surface area contributed by atoms with Crippen molar-refractivity contribution in [2.24, 2.45) is 5.92 Å². The minimum Gasteiger partial charge on any atom is -0.450 e. The van der Waals surface area contributed by atoms with Crippen LogP contribution in [-0.4, -0.2) is 11.5 Å². The molecule has 0 bridgehead atoms. The molecule has 0 unspecified atom stereocenters. The highest BCUT2D eigenvalue weighted by atomic mass is 35.5. The highest BCUT2D eigenvalue weighted by Crippen LogP contribution is 2.25. The summed E-state index contributed by atoms with van der Waals surface area (Å²) >= 11 is 5.10. The molecule has 0 aromatic rings. The van der Waals surface area contributed by atoms with Crippen LogP contribution < -0.4 is 0 Å². The maximum Gasteiger partial charge on any atom is 0.404 e. The Morgan fingerprint density at radius 1 is 1.55 bits per heavy atom. The van der Waals surface area contributed by atoms with E-state index in [1.165, 1.54) is 6.42 Å². The van der Waals surface area contributed by atoms with Crippen LogP contribution in [-0.2, 0) is 4.74 Å². The summed E-state index contributed by atoms with van der Waals surface area (Å²) in [6.45, 7) is 2.17. The van der Waals surface area contributed by atoms with E-state index in [1.807, 2.05) is 0 Å². The molecular weight excluding hydrogens is 164 g/mol. The molecule has 1 rings (SSSR count). The summed E-state index contributed by atoms with van der Waals surface area (Å²) in [4.78, 5) is 10.4. The average molecular weight is 177 g/mol. The van der Waals surface area contributed by atoms with Crippen molar-refractivity contribution in [3.63, 3.8) is 0 Å². The minimum atomic E-state index is -0.663. The highest BCUT2D eigenvalue weighted by Gasteiger charge is 2.21. The second kappa shape index (κ2) is 3.96. The van der Waals surface area contributed by atoms with Crippen molar-refractivity contribution >= 4 is 17.0 Å². The van der Waals surface area contributed by atoms with Gasteiger partial charge in [-0.05, 0) is 25.2 Å². The molecule has 1 aliphatic carbocycles. The molecule has 64 valence electrons. The van der Waals surface area contributed by atoms with Crippen molar-refractivity contribution in [1.29, 1.82) is 0 Å². The van der Waals surface area contributed by atoms with E-state index < -0.39 is 5.43 Å². The first-order valence-corrected chi connectivity index (χ1v) is 4.42. The monoisotopic (exact) mass is 176 g/mol. The normalized spacial score (nSPS) is 31.5. The summed E-state index contributed by atoms with van der Waals surface area (Å²) in [5, 5.41) is 0. The lowest BCUT2D eigenvalue weighted by Crippen LogP contribution is -2.22. The second-order valence-electron chi connectivity index (χ2n) is 3.25. The van der Waals surface area contributed by atoms with Crippen LogP contribution in [0.2, 0.25) is 0 Å². The van der Waals surface area contributed by atoms with Gasteiger partial charge in [-0.3, -0.25) is 0 Å². The van der Waals surface area contributed by atoms with Crippen LogP contribution in [0, 0.1) is 5.92 Å². The van der Waals surface area contributed by atoms with Crippen LogP contribution in [0.15, 0.2) is 0 Å². The van der Waals surface area contributed by atoms with Crippen molar-refractivity contribution < 1.29 is 9.53 Å². The molecule has 0 N–H and O–H groups in total. The summed E-state index contributed by atoms with van der Waals surface area (Å²) in [5.74, 6) is 0.671. The van der Waals surface area contributed by atoms with E-state index >= 15 is 0 Å². The summed E-state index contributed by atoms with van der Waals surface area (Å²) in [6, 6.07) is 0. The van der Waals surface area contributed by atoms with E-state index in [4.69, 9.17) is 16.3 Å². The second-order valence-corrected chi connectivity index (χ2v) is 3.56. The molecule has 3 heteroatoms. The third-order valence-electron chi connectivity index (χ3n) is 2.15. The first-order chi connectivity index (χ1) is 5.18. The third kappa shape index (κ3) is 3.10. The maximum absolute atomic E-state index is 10.4. The SMILES string of the molecule is C[C@H]1CCC[C@@H](OC(=O)Cl)C1. The predicted octanol–water partition coefficient (Wildman–Crippen LogP) is 2.94. The van der Waals surface area contributed by atoms with Gasteiger partial charge >= 0.3 is 5.43 Å². The van der Waals surface area contributed by atoms with Crippen molar-refractivity contribution in [2.75, 3.05) is 0 Å². The molecule has 0 radical (unpaired) electrons. The standard InChI is InChI=1S/C8H13ClO2/c1-6-3-2-4-7(5-6)11-8(9)10/h6-7H,2-5H2,1H3/t6-,7+/m0/s1. The van der Waals surface area contributed by atoms with E-state index in [0.717, 1.165) is 19.3 Å². The van der Waals surface area contributed by atoms with Gasteiger partial charge in [-0.2, -0.15) is 0 Å². The Hall–Kier alpha value is -0.240. The number of rotatable bonds is 1. The Kier molecular flexibility index (Phi) is 3.18. The smallest absolute Gasteiger partial charge is 0.404 e. The summed E-state index contributed by atoms with van der Waals surface area (Å²) < 4.78 is 4.89. The number of carbonyl (C=O) groups excluding carboxylic acids is 1. The lowest BCUT2D eigenvalue weighted by atomic mass is 9.89. The fourth-order valence-corrected chi connectivity index (χ4v) is 1.74. The van der Waals surface area contributed by atoms with Crippen molar-refractivity contribution in [3.8, 4) is 0 Å². The lowest BCUT2D eigenvalue weighted by Gasteiger charge is -2.25. The number of hydrogen-bond donors (Lipinski definition) is 0. The van der Waals surface area contributed by atoms with Crippen molar-refractivity contribution in [2.45, 2.75) is 38.7 Å². The first kappa shape index (κ1) is 8.85. The number of ether oxygens (including phenoxy) is 1. The van der Waals surface area contributed by atoms with E-state index in [-0.39, 0.29) is 6.10 Å². The highest BCUT2D eigenvalue weighted by molar-refractivity contribution is 6.61. The van der Waals surface area contributed by atoms with Gasteiger partial charge in [0.25, 0.3) is 0 Å². The number of hydrogen-bond acceptors (Lipinski definition) is 2. The van der Waals surface area contributed by atoms with Crippen LogP contribution in [0.3, 0.4) is 0 Å². The molecule has 0 aromatic carbocycles. The van der Waals surface area contributed by atoms with Crippen LogP contribution in [0.5, 0.6) is 0 Å². The zero-order valence-electron chi connectivity index (χ0n) is 6.68. The Morgan fingerprint density at radius 3 is 2.82 bits per heavy atom. The van der Waals surface area contributed by atoms with Crippen molar-refractivity contribution in [3.05, 3.63) is 0 Å². The van der Waals surface area contributed by atoms with Crippen molar-refractivity contribution in [1.82, 2.24) is 0 Å². The largest absolute Gasteiger partial charge is 0.450 e. The molecule has 0 saturated heterocycles. The van der Waals surface area contributed by atoms with Crippen LogP contribution in [0.4, 0.5) is 4.79 Å². The molecule has 1 aliphatic rings. The molecule has 2 atom stereocenters. The Labute approximate surface area is 71.9 Å². The first-order valence-electron chi connectivity index (χ1n) is 4.04. The van der Waals surface area contributed by atoms with Gasteiger partial charge in [-0.15, -0.1) is 0 Å².